The topological polar surface area (TPSA) is 52.6 Å². The summed E-state index contributed by atoms with van der Waals surface area (Å²) >= 11 is 0. The summed E-state index contributed by atoms with van der Waals surface area (Å²) in [6, 6.07) is 0.167. The molecule has 1 unspecified atom stereocenters. The van der Waals surface area contributed by atoms with Gasteiger partial charge in [-0.2, -0.15) is 0 Å². The van der Waals surface area contributed by atoms with Gasteiger partial charge in [-0.15, -0.1) is 0 Å². The Hall–Kier alpha value is -0.610. The molecule has 1 atom stereocenters. The van der Waals surface area contributed by atoms with Gasteiger partial charge in [-0.3, -0.25) is 4.79 Å². The van der Waals surface area contributed by atoms with Gasteiger partial charge < -0.3 is 15.3 Å². The number of carbonyl (C=O) groups is 1. The Bertz CT molecular complexity index is 180. The van der Waals surface area contributed by atoms with E-state index in [1.165, 1.54) is 19.3 Å². The molecular weight excluding hydrogens is 168 g/mol. The number of likely N-dealkylation sites (N-methyl/N-ethyl adjacent to an activating group) is 2. The van der Waals surface area contributed by atoms with E-state index in [1.54, 1.807) is 7.05 Å². The lowest BCUT2D eigenvalue weighted by Gasteiger charge is -2.35. The van der Waals surface area contributed by atoms with Gasteiger partial charge in [0, 0.05) is 12.6 Å². The minimum Gasteiger partial charge on any atom is -0.480 e. The summed E-state index contributed by atoms with van der Waals surface area (Å²) in [5.41, 5.74) is 0. The molecule has 1 aliphatic carbocycles. The molecule has 1 saturated carbocycles. The van der Waals surface area contributed by atoms with Crippen molar-refractivity contribution in [3.05, 3.63) is 0 Å². The minimum atomic E-state index is -0.770. The van der Waals surface area contributed by atoms with Crippen LogP contribution in [0.1, 0.15) is 19.3 Å². The first-order chi connectivity index (χ1) is 6.15. The molecule has 0 radical (unpaired) electrons. The largest absolute Gasteiger partial charge is 0.480 e. The highest BCUT2D eigenvalue weighted by atomic mass is 16.4. The van der Waals surface area contributed by atoms with Crippen molar-refractivity contribution in [2.45, 2.75) is 31.3 Å². The Morgan fingerprint density at radius 1 is 1.69 bits per heavy atom. The standard InChI is InChI=1S/C9H18N2O2/c1-10-8(9(12)13)6-11(2)7-4-3-5-7/h7-8,10H,3-6H2,1-2H3,(H,12,13). The van der Waals surface area contributed by atoms with E-state index in [4.69, 9.17) is 5.11 Å². The number of nitrogens with zero attached hydrogens (tertiary/aromatic N) is 1. The van der Waals surface area contributed by atoms with Crippen molar-refractivity contribution in [3.8, 4) is 0 Å². The van der Waals surface area contributed by atoms with Crippen molar-refractivity contribution >= 4 is 5.97 Å². The second-order valence-electron chi connectivity index (χ2n) is 3.70. The molecular formula is C9H18N2O2. The molecule has 0 bridgehead atoms. The van der Waals surface area contributed by atoms with Gasteiger partial charge in [0.15, 0.2) is 0 Å². The highest BCUT2D eigenvalue weighted by molar-refractivity contribution is 5.73. The molecule has 0 spiro atoms. The first-order valence-corrected chi connectivity index (χ1v) is 4.75. The predicted octanol–water partition coefficient (Wildman–Crippen LogP) is 0.143. The van der Waals surface area contributed by atoms with Gasteiger partial charge in [-0.1, -0.05) is 6.42 Å². The zero-order valence-electron chi connectivity index (χ0n) is 8.29. The zero-order valence-corrected chi connectivity index (χ0v) is 8.29. The van der Waals surface area contributed by atoms with Gasteiger partial charge in [0.2, 0.25) is 0 Å². The maximum absolute atomic E-state index is 10.7. The number of hydrogen-bond acceptors (Lipinski definition) is 3. The highest BCUT2D eigenvalue weighted by Crippen LogP contribution is 2.23. The Kier molecular flexibility index (Phi) is 3.69. The van der Waals surface area contributed by atoms with Crippen molar-refractivity contribution in [2.24, 2.45) is 0 Å². The van der Waals surface area contributed by atoms with Crippen LogP contribution in [0.4, 0.5) is 0 Å². The monoisotopic (exact) mass is 186 g/mol. The van der Waals surface area contributed by atoms with Gasteiger partial charge in [0.25, 0.3) is 0 Å². The molecule has 0 aromatic rings. The molecule has 2 N–H and O–H groups in total. The van der Waals surface area contributed by atoms with E-state index in [0.29, 0.717) is 12.6 Å². The van der Waals surface area contributed by atoms with Gasteiger partial charge >= 0.3 is 5.97 Å². The van der Waals surface area contributed by atoms with Crippen LogP contribution in [0.25, 0.3) is 0 Å². The second-order valence-corrected chi connectivity index (χ2v) is 3.70. The van der Waals surface area contributed by atoms with E-state index >= 15 is 0 Å². The average Bonchev–Trinajstić information content (AvgIpc) is 1.96. The lowest BCUT2D eigenvalue weighted by molar-refractivity contribution is -0.140. The third-order valence-electron chi connectivity index (χ3n) is 2.82. The summed E-state index contributed by atoms with van der Waals surface area (Å²) in [6.45, 7) is 0.594. The molecule has 0 amide bonds. The molecule has 0 aromatic carbocycles. The smallest absolute Gasteiger partial charge is 0.322 e. The van der Waals surface area contributed by atoms with E-state index in [0.717, 1.165) is 0 Å². The summed E-state index contributed by atoms with van der Waals surface area (Å²) in [5, 5.41) is 11.6. The van der Waals surface area contributed by atoms with Crippen LogP contribution in [0, 0.1) is 0 Å². The van der Waals surface area contributed by atoms with E-state index in [2.05, 4.69) is 10.2 Å². The molecule has 76 valence electrons. The van der Waals surface area contributed by atoms with Crippen LogP contribution in [-0.2, 0) is 4.79 Å². The Morgan fingerprint density at radius 3 is 2.62 bits per heavy atom. The first kappa shape index (κ1) is 10.5. The fourth-order valence-corrected chi connectivity index (χ4v) is 1.56. The number of aliphatic carboxylic acids is 1. The summed E-state index contributed by atoms with van der Waals surface area (Å²) in [4.78, 5) is 12.8. The van der Waals surface area contributed by atoms with Crippen LogP contribution in [0.5, 0.6) is 0 Å². The number of carboxylic acids is 1. The Balaban J connectivity index is 2.31. The maximum atomic E-state index is 10.7. The molecule has 4 heteroatoms. The van der Waals surface area contributed by atoms with Crippen LogP contribution in [-0.4, -0.2) is 48.7 Å². The second kappa shape index (κ2) is 4.58. The molecule has 0 aromatic heterocycles. The number of hydrogen-bond donors (Lipinski definition) is 2. The molecule has 0 aliphatic heterocycles. The summed E-state index contributed by atoms with van der Waals surface area (Å²) < 4.78 is 0. The lowest BCUT2D eigenvalue weighted by Crippen LogP contribution is -2.48. The predicted molar refractivity (Wildman–Crippen MR) is 50.8 cm³/mol. The van der Waals surface area contributed by atoms with Gasteiger partial charge in [0.1, 0.15) is 6.04 Å². The average molecular weight is 186 g/mol. The SMILES string of the molecule is CNC(CN(C)C1CCC1)C(=O)O. The molecule has 4 nitrogen and oxygen atoms in total. The fraction of sp³-hybridized carbons (Fsp3) is 0.889. The summed E-state index contributed by atoms with van der Waals surface area (Å²) in [6.07, 6.45) is 3.71. The zero-order chi connectivity index (χ0) is 9.84. The molecule has 0 saturated heterocycles. The van der Waals surface area contributed by atoms with Crippen molar-refractivity contribution in [1.82, 2.24) is 10.2 Å². The van der Waals surface area contributed by atoms with E-state index in [1.807, 2.05) is 7.05 Å². The quantitative estimate of drug-likeness (QED) is 0.641. The van der Waals surface area contributed by atoms with Gasteiger partial charge in [-0.25, -0.2) is 0 Å². The third-order valence-corrected chi connectivity index (χ3v) is 2.82. The first-order valence-electron chi connectivity index (χ1n) is 4.75. The van der Waals surface area contributed by atoms with Crippen molar-refractivity contribution in [1.29, 1.82) is 0 Å². The van der Waals surface area contributed by atoms with Crippen LogP contribution >= 0.6 is 0 Å². The Morgan fingerprint density at radius 2 is 2.31 bits per heavy atom. The van der Waals surface area contributed by atoms with Crippen LogP contribution in [0.2, 0.25) is 0 Å². The van der Waals surface area contributed by atoms with Crippen molar-refractivity contribution in [3.63, 3.8) is 0 Å². The Labute approximate surface area is 78.9 Å². The molecule has 1 aliphatic rings. The number of carboxylic acid groups (broad SMARTS) is 1. The molecule has 1 fully saturated rings. The van der Waals surface area contributed by atoms with Crippen LogP contribution < -0.4 is 5.32 Å². The highest BCUT2D eigenvalue weighted by Gasteiger charge is 2.25. The van der Waals surface area contributed by atoms with Crippen molar-refractivity contribution in [2.75, 3.05) is 20.6 Å². The van der Waals surface area contributed by atoms with Crippen LogP contribution in [0.3, 0.4) is 0 Å². The van der Waals surface area contributed by atoms with E-state index in [9.17, 15) is 4.79 Å². The molecule has 13 heavy (non-hydrogen) atoms. The fourth-order valence-electron chi connectivity index (χ4n) is 1.56. The van der Waals surface area contributed by atoms with Crippen molar-refractivity contribution < 1.29 is 9.90 Å². The summed E-state index contributed by atoms with van der Waals surface area (Å²) in [5.74, 6) is -0.770. The van der Waals surface area contributed by atoms with E-state index in [-0.39, 0.29) is 0 Å². The normalized spacial score (nSPS) is 19.9. The van der Waals surface area contributed by atoms with E-state index < -0.39 is 12.0 Å². The molecule has 0 heterocycles. The molecule has 1 rings (SSSR count). The van der Waals surface area contributed by atoms with Crippen LogP contribution in [0.15, 0.2) is 0 Å². The minimum absolute atomic E-state index is 0.439. The maximum Gasteiger partial charge on any atom is 0.322 e. The van der Waals surface area contributed by atoms with Gasteiger partial charge in [-0.05, 0) is 26.9 Å². The third kappa shape index (κ3) is 2.67. The number of rotatable bonds is 5. The lowest BCUT2D eigenvalue weighted by atomic mass is 9.91. The summed E-state index contributed by atoms with van der Waals surface area (Å²) in [7, 11) is 3.69. The van der Waals surface area contributed by atoms with Gasteiger partial charge in [0.05, 0.1) is 0 Å². The number of nitrogens with one attached hydrogen (secondary N) is 1.